The molecular weight excluding hydrogens is 200 g/mol. The molecule has 0 amide bonds. The van der Waals surface area contributed by atoms with E-state index < -0.39 is 0 Å². The average Bonchev–Trinajstić information content (AvgIpc) is 2.59. The van der Waals surface area contributed by atoms with Crippen LogP contribution in [0.2, 0.25) is 0 Å². The topological polar surface area (TPSA) is 15.6 Å². The number of aliphatic imine (C=N–C) groups is 1. The molecule has 76 valence electrons. The van der Waals surface area contributed by atoms with Gasteiger partial charge in [0, 0.05) is 6.04 Å². The third kappa shape index (κ3) is 3.09. The van der Waals surface area contributed by atoms with Gasteiger partial charge in [-0.05, 0) is 19.8 Å². The Morgan fingerprint density at radius 2 is 2.00 bits per heavy atom. The highest BCUT2D eigenvalue weighted by molar-refractivity contribution is 7.80. The van der Waals surface area contributed by atoms with E-state index in [2.05, 4.69) is 35.1 Å². The first-order chi connectivity index (χ1) is 6.29. The van der Waals surface area contributed by atoms with Gasteiger partial charge in [-0.25, -0.2) is 0 Å². The molecule has 0 unspecified atom stereocenters. The molecule has 4 heteroatoms. The summed E-state index contributed by atoms with van der Waals surface area (Å²) in [6.45, 7) is 2.05. The lowest BCUT2D eigenvalue weighted by Gasteiger charge is -2.28. The van der Waals surface area contributed by atoms with Gasteiger partial charge in [0.05, 0.1) is 17.6 Å². The third-order valence-electron chi connectivity index (χ3n) is 2.63. The minimum atomic E-state index is 0.572. The molecule has 0 heterocycles. The van der Waals surface area contributed by atoms with Crippen LogP contribution in [-0.4, -0.2) is 28.5 Å². The Bertz CT molecular complexity index is 176. The summed E-state index contributed by atoms with van der Waals surface area (Å²) in [6.07, 6.45) is 5.28. The molecule has 0 aliphatic heterocycles. The first-order valence-electron chi connectivity index (χ1n) is 4.79. The summed E-state index contributed by atoms with van der Waals surface area (Å²) >= 11 is 8.44. The Labute approximate surface area is 91.6 Å². The quantitative estimate of drug-likeness (QED) is 0.322. The van der Waals surface area contributed by atoms with E-state index >= 15 is 0 Å². The monoisotopic (exact) mass is 218 g/mol. The van der Waals surface area contributed by atoms with Crippen LogP contribution < -0.4 is 0 Å². The number of amidine groups is 1. The Kier molecular flexibility index (Phi) is 5.02. The molecule has 0 radical (unpaired) electrons. The van der Waals surface area contributed by atoms with Gasteiger partial charge in [0.15, 0.2) is 0 Å². The molecule has 1 aliphatic carbocycles. The fraction of sp³-hybridized carbons (Fsp3) is 0.889. The molecule has 0 N–H and O–H groups in total. The van der Waals surface area contributed by atoms with Crippen molar-refractivity contribution >= 4 is 31.1 Å². The molecule has 0 atom stereocenters. The van der Waals surface area contributed by atoms with Crippen LogP contribution in [0.1, 0.15) is 32.6 Å². The molecule has 1 rings (SSSR count). The number of hydrogen-bond acceptors (Lipinski definition) is 3. The van der Waals surface area contributed by atoms with E-state index in [0.29, 0.717) is 11.9 Å². The normalized spacial score (nSPS) is 19.5. The SMILES string of the molecule is CC(=NCS)N(CS)C1CCCC1. The fourth-order valence-electron chi connectivity index (χ4n) is 1.89. The minimum absolute atomic E-state index is 0.572. The highest BCUT2D eigenvalue weighted by Crippen LogP contribution is 2.24. The number of nitrogens with zero attached hydrogens (tertiary/aromatic N) is 2. The molecule has 0 saturated heterocycles. The molecule has 1 aliphatic rings. The molecule has 13 heavy (non-hydrogen) atoms. The molecule has 0 aromatic rings. The summed E-state index contributed by atoms with van der Waals surface area (Å²) in [5.74, 6) is 2.42. The third-order valence-corrected chi connectivity index (χ3v) is 3.08. The van der Waals surface area contributed by atoms with E-state index in [-0.39, 0.29) is 0 Å². The zero-order chi connectivity index (χ0) is 9.68. The van der Waals surface area contributed by atoms with Crippen molar-refractivity contribution in [3.63, 3.8) is 0 Å². The van der Waals surface area contributed by atoms with Crippen molar-refractivity contribution in [3.05, 3.63) is 0 Å². The summed E-state index contributed by atoms with van der Waals surface area (Å²) in [6, 6.07) is 0.668. The minimum Gasteiger partial charge on any atom is -0.349 e. The average molecular weight is 218 g/mol. The second kappa shape index (κ2) is 5.81. The Hall–Kier alpha value is 0.170. The van der Waals surface area contributed by atoms with Crippen molar-refractivity contribution in [2.75, 3.05) is 11.8 Å². The maximum Gasteiger partial charge on any atom is 0.0977 e. The second-order valence-corrected chi connectivity index (χ2v) is 3.96. The van der Waals surface area contributed by atoms with Gasteiger partial charge in [-0.3, -0.25) is 4.99 Å². The lowest BCUT2D eigenvalue weighted by Crippen LogP contribution is -2.36. The van der Waals surface area contributed by atoms with Crippen molar-refractivity contribution in [2.45, 2.75) is 38.6 Å². The predicted octanol–water partition coefficient (Wildman–Crippen LogP) is 2.42. The Balaban J connectivity index is 2.54. The largest absolute Gasteiger partial charge is 0.349 e. The zero-order valence-corrected chi connectivity index (χ0v) is 9.90. The van der Waals surface area contributed by atoms with Crippen molar-refractivity contribution in [3.8, 4) is 0 Å². The van der Waals surface area contributed by atoms with Crippen LogP contribution in [0, 0.1) is 0 Å². The molecule has 1 fully saturated rings. The molecular formula is C9H18N2S2. The number of rotatable bonds is 3. The predicted molar refractivity (Wildman–Crippen MR) is 64.9 cm³/mol. The Morgan fingerprint density at radius 1 is 1.38 bits per heavy atom. The van der Waals surface area contributed by atoms with E-state index in [0.717, 1.165) is 11.7 Å². The summed E-state index contributed by atoms with van der Waals surface area (Å²) in [5, 5.41) is 0. The first-order valence-corrected chi connectivity index (χ1v) is 6.05. The molecule has 0 aromatic heterocycles. The number of hydrogen-bond donors (Lipinski definition) is 2. The van der Waals surface area contributed by atoms with Gasteiger partial charge in [-0.2, -0.15) is 25.3 Å². The van der Waals surface area contributed by atoms with E-state index in [1.807, 2.05) is 6.92 Å². The zero-order valence-electron chi connectivity index (χ0n) is 8.11. The van der Waals surface area contributed by atoms with Gasteiger partial charge in [-0.15, -0.1) is 0 Å². The lowest BCUT2D eigenvalue weighted by atomic mass is 10.2. The molecule has 1 saturated carbocycles. The van der Waals surface area contributed by atoms with Gasteiger partial charge in [0.1, 0.15) is 0 Å². The van der Waals surface area contributed by atoms with Gasteiger partial charge in [-0.1, -0.05) is 12.8 Å². The van der Waals surface area contributed by atoms with Crippen molar-refractivity contribution in [1.82, 2.24) is 4.90 Å². The molecule has 0 spiro atoms. The van der Waals surface area contributed by atoms with Crippen LogP contribution >= 0.6 is 25.3 Å². The standard InChI is InChI=1S/C9H18N2S2/c1-8(10-6-12)11(7-13)9-4-2-3-5-9/h9,12-13H,2-7H2,1H3. The fourth-order valence-corrected chi connectivity index (χ4v) is 2.53. The Morgan fingerprint density at radius 3 is 2.46 bits per heavy atom. The summed E-state index contributed by atoms with van der Waals surface area (Å²) in [5.41, 5.74) is 0. The van der Waals surface area contributed by atoms with Crippen molar-refractivity contribution in [2.24, 2.45) is 4.99 Å². The van der Waals surface area contributed by atoms with Crippen LogP contribution in [0.4, 0.5) is 0 Å². The molecule has 0 aromatic carbocycles. The van der Waals surface area contributed by atoms with Crippen LogP contribution in [0.5, 0.6) is 0 Å². The van der Waals surface area contributed by atoms with Crippen LogP contribution in [0.15, 0.2) is 4.99 Å². The van der Waals surface area contributed by atoms with E-state index in [4.69, 9.17) is 0 Å². The van der Waals surface area contributed by atoms with Gasteiger partial charge >= 0.3 is 0 Å². The molecule has 2 nitrogen and oxygen atoms in total. The molecule has 0 bridgehead atoms. The second-order valence-electron chi connectivity index (χ2n) is 3.40. The van der Waals surface area contributed by atoms with Crippen LogP contribution in [-0.2, 0) is 0 Å². The van der Waals surface area contributed by atoms with Crippen LogP contribution in [0.3, 0.4) is 0 Å². The highest BCUT2D eigenvalue weighted by Gasteiger charge is 2.21. The maximum atomic E-state index is 4.34. The van der Waals surface area contributed by atoms with E-state index in [1.54, 1.807) is 0 Å². The van der Waals surface area contributed by atoms with E-state index in [1.165, 1.54) is 25.7 Å². The first kappa shape index (κ1) is 11.2. The lowest BCUT2D eigenvalue weighted by molar-refractivity contribution is 0.358. The summed E-state index contributed by atoms with van der Waals surface area (Å²) in [4.78, 5) is 6.58. The van der Waals surface area contributed by atoms with E-state index in [9.17, 15) is 0 Å². The smallest absolute Gasteiger partial charge is 0.0977 e. The highest BCUT2D eigenvalue weighted by atomic mass is 32.1. The van der Waals surface area contributed by atoms with Gasteiger partial charge < -0.3 is 4.90 Å². The number of thiol groups is 2. The van der Waals surface area contributed by atoms with Gasteiger partial charge in [0.25, 0.3) is 0 Å². The van der Waals surface area contributed by atoms with Gasteiger partial charge in [0.2, 0.25) is 0 Å². The van der Waals surface area contributed by atoms with Crippen molar-refractivity contribution < 1.29 is 0 Å². The van der Waals surface area contributed by atoms with Crippen molar-refractivity contribution in [1.29, 1.82) is 0 Å². The summed E-state index contributed by atoms with van der Waals surface area (Å²) in [7, 11) is 0. The maximum absolute atomic E-state index is 4.34. The van der Waals surface area contributed by atoms with Crippen LogP contribution in [0.25, 0.3) is 0 Å². The summed E-state index contributed by atoms with van der Waals surface area (Å²) < 4.78 is 0.